The zero-order chi connectivity index (χ0) is 18.2. The van der Waals surface area contributed by atoms with Crippen molar-refractivity contribution in [2.75, 3.05) is 32.1 Å². The van der Waals surface area contributed by atoms with Gasteiger partial charge in [0.05, 0.1) is 13.7 Å². The predicted octanol–water partition coefficient (Wildman–Crippen LogP) is 3.30. The fourth-order valence-corrected chi connectivity index (χ4v) is 1.88. The molecule has 7 nitrogen and oxygen atoms in total. The second-order valence-electron chi connectivity index (χ2n) is 6.18. The van der Waals surface area contributed by atoms with E-state index in [4.69, 9.17) is 15.2 Å². The molecule has 0 aliphatic rings. The van der Waals surface area contributed by atoms with Gasteiger partial charge in [0, 0.05) is 24.8 Å². The van der Waals surface area contributed by atoms with Crippen molar-refractivity contribution >= 4 is 41.7 Å². The SMILES string of the molecule is CCN(CCN=C(N)Nc1cccc(OC)c1)C(=O)OC(C)(C)C.I. The summed E-state index contributed by atoms with van der Waals surface area (Å²) >= 11 is 0. The quantitative estimate of drug-likeness (QED) is 0.383. The summed E-state index contributed by atoms with van der Waals surface area (Å²) in [6.45, 7) is 8.79. The van der Waals surface area contributed by atoms with Crippen LogP contribution in [0.1, 0.15) is 27.7 Å². The van der Waals surface area contributed by atoms with E-state index in [9.17, 15) is 4.79 Å². The normalized spacial score (nSPS) is 11.3. The molecule has 142 valence electrons. The van der Waals surface area contributed by atoms with Crippen molar-refractivity contribution < 1.29 is 14.3 Å². The lowest BCUT2D eigenvalue weighted by molar-refractivity contribution is 0.0266. The molecule has 1 amide bonds. The lowest BCUT2D eigenvalue weighted by Gasteiger charge is -2.26. The number of methoxy groups -OCH3 is 1. The smallest absolute Gasteiger partial charge is 0.410 e. The number of hydrogen-bond donors (Lipinski definition) is 2. The number of carbonyl (C=O) groups excluding carboxylic acids is 1. The maximum Gasteiger partial charge on any atom is 0.410 e. The van der Waals surface area contributed by atoms with Gasteiger partial charge in [-0.2, -0.15) is 0 Å². The minimum atomic E-state index is -0.513. The third-order valence-electron chi connectivity index (χ3n) is 3.03. The first-order valence-corrected chi connectivity index (χ1v) is 7.94. The monoisotopic (exact) mass is 464 g/mol. The van der Waals surface area contributed by atoms with Crippen LogP contribution in [0.15, 0.2) is 29.3 Å². The van der Waals surface area contributed by atoms with Crippen molar-refractivity contribution in [2.45, 2.75) is 33.3 Å². The Bertz CT molecular complexity index is 573. The van der Waals surface area contributed by atoms with Crippen molar-refractivity contribution in [2.24, 2.45) is 10.7 Å². The Morgan fingerprint density at radius 3 is 2.60 bits per heavy atom. The van der Waals surface area contributed by atoms with Crippen LogP contribution in [0.2, 0.25) is 0 Å². The number of benzene rings is 1. The zero-order valence-electron chi connectivity index (χ0n) is 15.5. The average molecular weight is 464 g/mol. The molecule has 0 saturated heterocycles. The average Bonchev–Trinajstić information content (AvgIpc) is 2.50. The molecule has 0 aliphatic heterocycles. The Hall–Kier alpha value is -1.71. The van der Waals surface area contributed by atoms with E-state index in [0.29, 0.717) is 19.6 Å². The number of carbonyl (C=O) groups is 1. The van der Waals surface area contributed by atoms with Gasteiger partial charge in [-0.25, -0.2) is 4.79 Å². The Kier molecular flexibility index (Phi) is 10.3. The summed E-state index contributed by atoms with van der Waals surface area (Å²) in [6, 6.07) is 7.39. The molecule has 0 aliphatic carbocycles. The summed E-state index contributed by atoms with van der Waals surface area (Å²) in [4.78, 5) is 17.8. The van der Waals surface area contributed by atoms with E-state index in [1.165, 1.54) is 0 Å². The maximum atomic E-state index is 12.0. The van der Waals surface area contributed by atoms with Crippen LogP contribution in [0, 0.1) is 0 Å². The summed E-state index contributed by atoms with van der Waals surface area (Å²) < 4.78 is 10.5. The van der Waals surface area contributed by atoms with E-state index in [2.05, 4.69) is 10.3 Å². The number of nitrogens with zero attached hydrogens (tertiary/aromatic N) is 2. The van der Waals surface area contributed by atoms with Crippen LogP contribution in [-0.4, -0.2) is 49.3 Å². The topological polar surface area (TPSA) is 89.2 Å². The standard InChI is InChI=1S/C17H28N4O3.HI/c1-6-21(16(22)24-17(2,3)4)11-10-19-15(18)20-13-8-7-9-14(12-13)23-5;/h7-9,12H,6,10-11H2,1-5H3,(H3,18,19,20);1H. The van der Waals surface area contributed by atoms with Crippen LogP contribution >= 0.6 is 24.0 Å². The second kappa shape index (κ2) is 11.0. The molecule has 25 heavy (non-hydrogen) atoms. The number of guanidine groups is 1. The summed E-state index contributed by atoms with van der Waals surface area (Å²) in [7, 11) is 1.60. The van der Waals surface area contributed by atoms with E-state index >= 15 is 0 Å². The van der Waals surface area contributed by atoms with Crippen LogP contribution in [0.4, 0.5) is 10.5 Å². The molecule has 1 aromatic rings. The number of halogens is 1. The fraction of sp³-hybridized carbons (Fsp3) is 0.529. The third-order valence-corrected chi connectivity index (χ3v) is 3.03. The van der Waals surface area contributed by atoms with Gasteiger partial charge in [-0.15, -0.1) is 24.0 Å². The maximum absolute atomic E-state index is 12.0. The van der Waals surface area contributed by atoms with Crippen molar-refractivity contribution in [3.63, 3.8) is 0 Å². The highest BCUT2D eigenvalue weighted by atomic mass is 127. The number of amides is 1. The molecule has 0 aromatic heterocycles. The van der Waals surface area contributed by atoms with E-state index < -0.39 is 5.60 Å². The summed E-state index contributed by atoms with van der Waals surface area (Å²) in [6.07, 6.45) is -0.348. The van der Waals surface area contributed by atoms with Crippen molar-refractivity contribution in [1.82, 2.24) is 4.90 Å². The number of aliphatic imine (C=N–C) groups is 1. The van der Waals surface area contributed by atoms with Gasteiger partial charge in [-0.05, 0) is 39.8 Å². The van der Waals surface area contributed by atoms with Crippen molar-refractivity contribution in [3.05, 3.63) is 24.3 Å². The molecule has 0 fully saturated rings. The largest absolute Gasteiger partial charge is 0.497 e. The summed E-state index contributed by atoms with van der Waals surface area (Å²) in [5, 5.41) is 2.99. The minimum absolute atomic E-state index is 0. The Morgan fingerprint density at radius 1 is 1.36 bits per heavy atom. The van der Waals surface area contributed by atoms with Gasteiger partial charge in [-0.1, -0.05) is 6.07 Å². The number of likely N-dealkylation sites (N-methyl/N-ethyl adjacent to an activating group) is 1. The molecule has 0 bridgehead atoms. The first kappa shape index (κ1) is 23.3. The zero-order valence-corrected chi connectivity index (χ0v) is 17.9. The Labute approximate surface area is 167 Å². The van der Waals surface area contributed by atoms with Crippen LogP contribution in [0.25, 0.3) is 0 Å². The van der Waals surface area contributed by atoms with E-state index in [1.54, 1.807) is 12.0 Å². The van der Waals surface area contributed by atoms with Gasteiger partial charge in [0.2, 0.25) is 0 Å². The van der Waals surface area contributed by atoms with Crippen LogP contribution in [0.5, 0.6) is 5.75 Å². The Balaban J connectivity index is 0.00000576. The highest BCUT2D eigenvalue weighted by Gasteiger charge is 2.20. The van der Waals surface area contributed by atoms with Crippen LogP contribution in [0.3, 0.4) is 0 Å². The van der Waals surface area contributed by atoms with Crippen molar-refractivity contribution in [1.29, 1.82) is 0 Å². The Morgan fingerprint density at radius 2 is 2.04 bits per heavy atom. The van der Waals surface area contributed by atoms with Gasteiger partial charge in [0.15, 0.2) is 5.96 Å². The van der Waals surface area contributed by atoms with E-state index in [-0.39, 0.29) is 36.0 Å². The first-order valence-electron chi connectivity index (χ1n) is 7.94. The van der Waals surface area contributed by atoms with E-state index in [1.807, 2.05) is 52.0 Å². The molecule has 0 unspecified atom stereocenters. The number of ether oxygens (including phenoxy) is 2. The molecule has 8 heteroatoms. The minimum Gasteiger partial charge on any atom is -0.497 e. The van der Waals surface area contributed by atoms with E-state index in [0.717, 1.165) is 11.4 Å². The van der Waals surface area contributed by atoms with Gasteiger partial charge in [0.1, 0.15) is 11.4 Å². The molecular formula is C17H29IN4O3. The molecule has 1 aromatic carbocycles. The van der Waals surface area contributed by atoms with Gasteiger partial charge in [-0.3, -0.25) is 4.99 Å². The number of nitrogens with two attached hydrogens (primary N) is 1. The van der Waals surface area contributed by atoms with Gasteiger partial charge < -0.3 is 25.4 Å². The molecule has 3 N–H and O–H groups in total. The number of hydrogen-bond acceptors (Lipinski definition) is 4. The highest BCUT2D eigenvalue weighted by molar-refractivity contribution is 14.0. The number of anilines is 1. The number of nitrogens with one attached hydrogen (secondary N) is 1. The lowest BCUT2D eigenvalue weighted by atomic mass is 10.2. The van der Waals surface area contributed by atoms with Crippen LogP contribution in [-0.2, 0) is 4.74 Å². The summed E-state index contributed by atoms with van der Waals surface area (Å²) in [5.74, 6) is 1.01. The third kappa shape index (κ3) is 9.37. The molecule has 0 atom stereocenters. The lowest BCUT2D eigenvalue weighted by Crippen LogP contribution is -2.38. The number of rotatable bonds is 6. The second-order valence-corrected chi connectivity index (χ2v) is 6.18. The molecule has 0 saturated carbocycles. The highest BCUT2D eigenvalue weighted by Crippen LogP contribution is 2.16. The fourth-order valence-electron chi connectivity index (χ4n) is 1.88. The molecule has 0 heterocycles. The van der Waals surface area contributed by atoms with Crippen LogP contribution < -0.4 is 15.8 Å². The molecule has 1 rings (SSSR count). The molecule has 0 spiro atoms. The van der Waals surface area contributed by atoms with Gasteiger partial charge >= 0.3 is 6.09 Å². The molecular weight excluding hydrogens is 435 g/mol. The van der Waals surface area contributed by atoms with Gasteiger partial charge in [0.25, 0.3) is 0 Å². The predicted molar refractivity (Wildman–Crippen MR) is 112 cm³/mol. The summed E-state index contributed by atoms with van der Waals surface area (Å²) in [5.41, 5.74) is 6.14. The first-order chi connectivity index (χ1) is 11.2. The molecule has 0 radical (unpaired) electrons. The van der Waals surface area contributed by atoms with Crippen molar-refractivity contribution in [3.8, 4) is 5.75 Å².